The molecule has 2 atom stereocenters. The van der Waals surface area contributed by atoms with Gasteiger partial charge in [0.05, 0.1) is 10.9 Å². The molecule has 0 fully saturated rings. The summed E-state index contributed by atoms with van der Waals surface area (Å²) >= 11 is 1.39. The Morgan fingerprint density at radius 1 is 1.18 bits per heavy atom. The maximum atomic E-state index is 13.2. The molecule has 144 valence electrons. The fourth-order valence-corrected chi connectivity index (χ4v) is 4.51. The van der Waals surface area contributed by atoms with E-state index in [4.69, 9.17) is 0 Å². The average molecular weight is 394 g/mol. The maximum Gasteiger partial charge on any atom is 0.240 e. The number of aryl methyl sites for hydroxylation is 2. The first-order valence-electron chi connectivity index (χ1n) is 9.39. The summed E-state index contributed by atoms with van der Waals surface area (Å²) in [6.07, 6.45) is 0.888. The first kappa shape index (κ1) is 18.7. The summed E-state index contributed by atoms with van der Waals surface area (Å²) in [6, 6.07) is 14.5. The number of carbonyl (C=O) groups excluding carboxylic acids is 1. The molecule has 1 amide bonds. The number of para-hydroxylation sites is 1. The van der Waals surface area contributed by atoms with Crippen molar-refractivity contribution in [2.45, 2.75) is 50.6 Å². The number of anilines is 1. The van der Waals surface area contributed by atoms with Gasteiger partial charge in [0.1, 0.15) is 0 Å². The summed E-state index contributed by atoms with van der Waals surface area (Å²) in [5.74, 6) is 0.0814. The van der Waals surface area contributed by atoms with Crippen LogP contribution in [0.15, 0.2) is 47.6 Å². The maximum absolute atomic E-state index is 13.2. The quantitative estimate of drug-likeness (QED) is 0.632. The van der Waals surface area contributed by atoms with Crippen LogP contribution >= 0.6 is 11.8 Å². The fourth-order valence-electron chi connectivity index (χ4n) is 3.66. The highest BCUT2D eigenvalue weighted by Crippen LogP contribution is 2.34. The number of nitrogens with zero attached hydrogens (tertiary/aromatic N) is 5. The Morgan fingerprint density at radius 3 is 2.79 bits per heavy atom. The molecule has 0 unspecified atom stereocenters. The van der Waals surface area contributed by atoms with Crippen LogP contribution in [0.3, 0.4) is 0 Å². The van der Waals surface area contributed by atoms with E-state index in [1.807, 2.05) is 43.9 Å². The third-order valence-corrected chi connectivity index (χ3v) is 6.13. The topological polar surface area (TPSA) is 63.9 Å². The van der Waals surface area contributed by atoms with E-state index < -0.39 is 0 Å². The third kappa shape index (κ3) is 3.30. The van der Waals surface area contributed by atoms with Crippen LogP contribution in [-0.4, -0.2) is 37.4 Å². The van der Waals surface area contributed by atoms with E-state index in [-0.39, 0.29) is 17.2 Å². The van der Waals surface area contributed by atoms with Crippen molar-refractivity contribution in [1.29, 1.82) is 0 Å². The van der Waals surface area contributed by atoms with Gasteiger partial charge in [0.2, 0.25) is 11.1 Å². The Bertz CT molecular complexity index is 1030. The Morgan fingerprint density at radius 2 is 1.96 bits per heavy atom. The summed E-state index contributed by atoms with van der Waals surface area (Å²) in [4.78, 5) is 15.2. The van der Waals surface area contributed by atoms with Crippen LogP contribution < -0.4 is 4.90 Å². The van der Waals surface area contributed by atoms with Crippen molar-refractivity contribution in [3.05, 3.63) is 59.2 Å². The summed E-state index contributed by atoms with van der Waals surface area (Å²) in [6.45, 7) is 8.08. The zero-order valence-electron chi connectivity index (χ0n) is 16.5. The number of benzene rings is 2. The molecule has 1 aliphatic rings. The predicted molar refractivity (Wildman–Crippen MR) is 111 cm³/mol. The van der Waals surface area contributed by atoms with E-state index in [0.717, 1.165) is 28.9 Å². The molecule has 2 heterocycles. The number of hydrogen-bond acceptors (Lipinski definition) is 5. The van der Waals surface area contributed by atoms with Gasteiger partial charge >= 0.3 is 0 Å². The van der Waals surface area contributed by atoms with Crippen LogP contribution in [0.4, 0.5) is 5.69 Å². The molecule has 6 nitrogen and oxygen atoms in total. The molecular formula is C21H23N5OS. The second-order valence-electron chi connectivity index (χ2n) is 7.31. The number of thioether (sulfide) groups is 1. The van der Waals surface area contributed by atoms with E-state index >= 15 is 0 Å². The van der Waals surface area contributed by atoms with Crippen LogP contribution in [0, 0.1) is 13.8 Å². The Balaban J connectivity index is 1.59. The fraction of sp³-hybridized carbons (Fsp3) is 0.333. The van der Waals surface area contributed by atoms with Gasteiger partial charge in [0.25, 0.3) is 0 Å². The van der Waals surface area contributed by atoms with Crippen LogP contribution in [-0.2, 0) is 11.2 Å². The number of tetrazole rings is 1. The molecule has 0 bridgehead atoms. The SMILES string of the molecule is Cc1ccc(C)c(-n2nnnc2S[C@@H](C)C(=O)N2c3ccccc3C[C@H]2C)c1. The van der Waals surface area contributed by atoms with E-state index in [0.29, 0.717) is 5.16 Å². The summed E-state index contributed by atoms with van der Waals surface area (Å²) < 4.78 is 1.72. The monoisotopic (exact) mass is 393 g/mol. The van der Waals surface area contributed by atoms with Crippen molar-refractivity contribution in [2.24, 2.45) is 0 Å². The van der Waals surface area contributed by atoms with E-state index in [2.05, 4.69) is 46.7 Å². The van der Waals surface area contributed by atoms with Crippen LogP contribution in [0.5, 0.6) is 0 Å². The first-order valence-corrected chi connectivity index (χ1v) is 10.3. The number of rotatable bonds is 4. The summed E-state index contributed by atoms with van der Waals surface area (Å²) in [5, 5.41) is 12.5. The van der Waals surface area contributed by atoms with Gasteiger partial charge < -0.3 is 4.90 Å². The first-order chi connectivity index (χ1) is 13.5. The highest BCUT2D eigenvalue weighted by atomic mass is 32.2. The lowest BCUT2D eigenvalue weighted by atomic mass is 10.1. The minimum Gasteiger partial charge on any atom is -0.308 e. The van der Waals surface area contributed by atoms with Crippen molar-refractivity contribution >= 4 is 23.4 Å². The number of amides is 1. The second kappa shape index (κ2) is 7.39. The van der Waals surface area contributed by atoms with Gasteiger partial charge in [-0.1, -0.05) is 42.1 Å². The third-order valence-electron chi connectivity index (χ3n) is 5.11. The number of aromatic nitrogens is 4. The summed E-state index contributed by atoms with van der Waals surface area (Å²) in [7, 11) is 0. The zero-order valence-corrected chi connectivity index (χ0v) is 17.3. The van der Waals surface area contributed by atoms with Gasteiger partial charge in [-0.15, -0.1) is 5.10 Å². The zero-order chi connectivity index (χ0) is 19.8. The van der Waals surface area contributed by atoms with Crippen LogP contribution in [0.25, 0.3) is 5.69 Å². The molecule has 3 aromatic rings. The molecule has 0 aliphatic carbocycles. The van der Waals surface area contributed by atoms with E-state index in [9.17, 15) is 4.79 Å². The highest BCUT2D eigenvalue weighted by Gasteiger charge is 2.34. The number of fused-ring (bicyclic) bond motifs is 1. The molecule has 0 N–H and O–H groups in total. The molecule has 1 aromatic heterocycles. The van der Waals surface area contributed by atoms with E-state index in [1.165, 1.54) is 17.3 Å². The van der Waals surface area contributed by atoms with E-state index in [1.54, 1.807) is 4.68 Å². The number of hydrogen-bond donors (Lipinski definition) is 0. The molecule has 2 aromatic carbocycles. The molecule has 0 radical (unpaired) electrons. The summed E-state index contributed by atoms with van der Waals surface area (Å²) in [5.41, 5.74) is 5.40. The second-order valence-corrected chi connectivity index (χ2v) is 8.62. The standard InChI is InChI=1S/C21H23N5OS/c1-13-9-10-14(2)19(11-13)26-21(22-23-24-26)28-16(4)20(27)25-15(3)12-17-7-5-6-8-18(17)25/h5-11,15-16H,12H2,1-4H3/t15-,16+/m1/s1. The smallest absolute Gasteiger partial charge is 0.240 e. The molecule has 0 saturated carbocycles. The predicted octanol–water partition coefficient (Wildman–Crippen LogP) is 3.74. The van der Waals surface area contributed by atoms with Crippen LogP contribution in [0.1, 0.15) is 30.5 Å². The van der Waals surface area contributed by atoms with Gasteiger partial charge in [0.15, 0.2) is 0 Å². The lowest BCUT2D eigenvalue weighted by molar-refractivity contribution is -0.118. The largest absolute Gasteiger partial charge is 0.308 e. The van der Waals surface area contributed by atoms with Crippen molar-refractivity contribution in [2.75, 3.05) is 4.90 Å². The molecule has 7 heteroatoms. The molecule has 0 saturated heterocycles. The lowest BCUT2D eigenvalue weighted by Crippen LogP contribution is -2.40. The van der Waals surface area contributed by atoms with Gasteiger partial charge in [-0.25, -0.2) is 0 Å². The molecule has 28 heavy (non-hydrogen) atoms. The van der Waals surface area contributed by atoms with Crippen molar-refractivity contribution in [3.63, 3.8) is 0 Å². The normalized spacial score (nSPS) is 16.9. The van der Waals surface area contributed by atoms with Gasteiger partial charge in [-0.3, -0.25) is 4.79 Å². The van der Waals surface area contributed by atoms with Gasteiger partial charge in [-0.05, 0) is 73.4 Å². The van der Waals surface area contributed by atoms with Crippen molar-refractivity contribution in [1.82, 2.24) is 20.2 Å². The van der Waals surface area contributed by atoms with Gasteiger partial charge in [-0.2, -0.15) is 4.68 Å². The van der Waals surface area contributed by atoms with Crippen molar-refractivity contribution < 1.29 is 4.79 Å². The molecule has 0 spiro atoms. The minimum atomic E-state index is -0.302. The Hall–Kier alpha value is -2.67. The van der Waals surface area contributed by atoms with Gasteiger partial charge in [0, 0.05) is 11.7 Å². The number of carbonyl (C=O) groups is 1. The Labute approximate surface area is 168 Å². The van der Waals surface area contributed by atoms with Crippen molar-refractivity contribution in [3.8, 4) is 5.69 Å². The lowest BCUT2D eigenvalue weighted by Gasteiger charge is -2.25. The molecular weight excluding hydrogens is 370 g/mol. The average Bonchev–Trinajstić information content (AvgIpc) is 3.26. The van der Waals surface area contributed by atoms with Crippen LogP contribution in [0.2, 0.25) is 0 Å². The Kier molecular flexibility index (Phi) is 4.93. The minimum absolute atomic E-state index is 0.0814. The molecule has 4 rings (SSSR count). The molecule has 1 aliphatic heterocycles. The highest BCUT2D eigenvalue weighted by molar-refractivity contribution is 8.00.